The van der Waals surface area contributed by atoms with Gasteiger partial charge >= 0.3 is 12.0 Å². The standard InChI is InChI=1S/C18H21FN4O3/c1-18(16(24)25)7-9-23(11-18)17(26)21-14(15-20-8-10-22(15)2)12-5-3-4-6-13(12)19/h3-6,8,10,14H,7,9,11H2,1-2H3,(H,21,26)(H,24,25). The van der Waals surface area contributed by atoms with Gasteiger partial charge in [0.1, 0.15) is 17.7 Å². The van der Waals surface area contributed by atoms with E-state index in [4.69, 9.17) is 0 Å². The van der Waals surface area contributed by atoms with Crippen molar-refractivity contribution in [1.82, 2.24) is 19.8 Å². The minimum atomic E-state index is -0.964. The van der Waals surface area contributed by atoms with Gasteiger partial charge in [-0.2, -0.15) is 0 Å². The smallest absolute Gasteiger partial charge is 0.318 e. The van der Waals surface area contributed by atoms with Crippen LogP contribution in [0, 0.1) is 11.2 Å². The number of carbonyl (C=O) groups excluding carboxylic acids is 1. The van der Waals surface area contributed by atoms with E-state index in [1.165, 1.54) is 11.0 Å². The maximum atomic E-state index is 14.3. The van der Waals surface area contributed by atoms with Crippen molar-refractivity contribution in [2.45, 2.75) is 19.4 Å². The number of carboxylic acids is 1. The molecule has 2 heterocycles. The number of benzene rings is 1. The van der Waals surface area contributed by atoms with Gasteiger partial charge in [-0.15, -0.1) is 0 Å². The van der Waals surface area contributed by atoms with Crippen molar-refractivity contribution in [3.05, 3.63) is 53.9 Å². The normalized spacial score (nSPS) is 20.8. The van der Waals surface area contributed by atoms with Gasteiger partial charge in [-0.1, -0.05) is 18.2 Å². The lowest BCUT2D eigenvalue weighted by atomic mass is 9.90. The molecule has 2 N–H and O–H groups in total. The van der Waals surface area contributed by atoms with E-state index in [0.29, 0.717) is 24.4 Å². The number of aromatic nitrogens is 2. The summed E-state index contributed by atoms with van der Waals surface area (Å²) in [6.45, 7) is 2.06. The highest BCUT2D eigenvalue weighted by atomic mass is 19.1. The highest BCUT2D eigenvalue weighted by Crippen LogP contribution is 2.31. The fourth-order valence-corrected chi connectivity index (χ4v) is 3.17. The predicted octanol–water partition coefficient (Wildman–Crippen LogP) is 2.15. The third-order valence-electron chi connectivity index (χ3n) is 4.88. The van der Waals surface area contributed by atoms with Gasteiger partial charge in [0.25, 0.3) is 0 Å². The number of hydrogen-bond acceptors (Lipinski definition) is 3. The van der Waals surface area contributed by atoms with Crippen LogP contribution in [0.4, 0.5) is 9.18 Å². The number of halogens is 1. The van der Waals surface area contributed by atoms with Crippen LogP contribution in [0.3, 0.4) is 0 Å². The number of urea groups is 1. The Labute approximate surface area is 150 Å². The third kappa shape index (κ3) is 3.26. The van der Waals surface area contributed by atoms with Gasteiger partial charge in [0.2, 0.25) is 0 Å². The lowest BCUT2D eigenvalue weighted by Gasteiger charge is -2.25. The van der Waals surface area contributed by atoms with E-state index in [2.05, 4.69) is 10.3 Å². The predicted molar refractivity (Wildman–Crippen MR) is 91.9 cm³/mol. The number of aryl methyl sites for hydroxylation is 1. The Morgan fingerprint density at radius 2 is 2.12 bits per heavy atom. The number of aliphatic carboxylic acids is 1. The number of amides is 2. The summed E-state index contributed by atoms with van der Waals surface area (Å²) in [6.07, 6.45) is 3.67. The van der Waals surface area contributed by atoms with Gasteiger partial charge in [-0.3, -0.25) is 4.79 Å². The van der Waals surface area contributed by atoms with Gasteiger partial charge in [-0.25, -0.2) is 14.2 Å². The SMILES string of the molecule is Cn1ccnc1C(NC(=O)N1CCC(C)(C(=O)O)C1)c1ccccc1F. The average molecular weight is 360 g/mol. The van der Waals surface area contributed by atoms with Crippen molar-refractivity contribution in [1.29, 1.82) is 0 Å². The second-order valence-electron chi connectivity index (χ2n) is 6.84. The molecule has 1 fully saturated rings. The summed E-state index contributed by atoms with van der Waals surface area (Å²) in [5.41, 5.74) is -0.663. The Morgan fingerprint density at radius 1 is 1.38 bits per heavy atom. The van der Waals surface area contributed by atoms with Crippen LogP contribution < -0.4 is 5.32 Å². The van der Waals surface area contributed by atoms with Crippen LogP contribution in [0.25, 0.3) is 0 Å². The summed E-state index contributed by atoms with van der Waals surface area (Å²) in [5, 5.41) is 12.1. The number of likely N-dealkylation sites (tertiary alicyclic amines) is 1. The molecule has 0 bridgehead atoms. The lowest BCUT2D eigenvalue weighted by Crippen LogP contribution is -2.43. The van der Waals surface area contributed by atoms with Gasteiger partial charge in [-0.05, 0) is 19.4 Å². The van der Waals surface area contributed by atoms with Crippen LogP contribution >= 0.6 is 0 Å². The summed E-state index contributed by atoms with van der Waals surface area (Å²) in [4.78, 5) is 29.8. The molecule has 3 rings (SSSR count). The van der Waals surface area contributed by atoms with Crippen LogP contribution in [0.5, 0.6) is 0 Å². The molecule has 1 aliphatic rings. The van der Waals surface area contributed by atoms with E-state index in [-0.39, 0.29) is 6.54 Å². The van der Waals surface area contributed by atoms with Gasteiger partial charge < -0.3 is 19.9 Å². The van der Waals surface area contributed by atoms with E-state index in [1.54, 1.807) is 49.1 Å². The van der Waals surface area contributed by atoms with Crippen molar-refractivity contribution in [3.8, 4) is 0 Å². The van der Waals surface area contributed by atoms with Crippen LogP contribution in [0.15, 0.2) is 36.7 Å². The summed E-state index contributed by atoms with van der Waals surface area (Å²) in [6, 6.07) is 4.98. The zero-order valence-corrected chi connectivity index (χ0v) is 14.6. The zero-order valence-electron chi connectivity index (χ0n) is 14.6. The quantitative estimate of drug-likeness (QED) is 0.875. The molecule has 0 spiro atoms. The molecule has 7 nitrogen and oxygen atoms in total. The largest absolute Gasteiger partial charge is 0.481 e. The number of nitrogens with one attached hydrogen (secondary N) is 1. The first-order valence-corrected chi connectivity index (χ1v) is 8.32. The monoisotopic (exact) mass is 360 g/mol. The van der Waals surface area contributed by atoms with E-state index in [0.717, 1.165) is 0 Å². The Kier molecular flexibility index (Phi) is 4.67. The molecule has 138 valence electrons. The second kappa shape index (κ2) is 6.78. The number of carboxylic acid groups (broad SMARTS) is 1. The number of hydrogen-bond donors (Lipinski definition) is 2. The fraction of sp³-hybridized carbons (Fsp3) is 0.389. The Balaban J connectivity index is 1.86. The molecule has 1 aliphatic heterocycles. The van der Waals surface area contributed by atoms with E-state index < -0.39 is 29.3 Å². The van der Waals surface area contributed by atoms with Gasteiger partial charge in [0.05, 0.1) is 5.41 Å². The Morgan fingerprint density at radius 3 is 2.69 bits per heavy atom. The molecule has 0 saturated carbocycles. The molecule has 0 radical (unpaired) electrons. The van der Waals surface area contributed by atoms with Crippen LogP contribution in [-0.2, 0) is 11.8 Å². The molecule has 2 amide bonds. The number of nitrogens with zero attached hydrogens (tertiary/aromatic N) is 3. The number of carbonyl (C=O) groups is 2. The Hall–Kier alpha value is -2.90. The van der Waals surface area contributed by atoms with Crippen molar-refractivity contribution in [3.63, 3.8) is 0 Å². The van der Waals surface area contributed by atoms with Gasteiger partial charge in [0, 0.05) is 38.1 Å². The first kappa shape index (κ1) is 17.9. The van der Waals surface area contributed by atoms with Crippen LogP contribution in [0.1, 0.15) is 30.8 Å². The van der Waals surface area contributed by atoms with E-state index >= 15 is 0 Å². The molecule has 2 unspecified atom stereocenters. The van der Waals surface area contributed by atoms with Crippen molar-refractivity contribution in [2.75, 3.05) is 13.1 Å². The molecule has 1 saturated heterocycles. The highest BCUT2D eigenvalue weighted by Gasteiger charge is 2.42. The molecule has 1 aromatic heterocycles. The van der Waals surface area contributed by atoms with Crippen LogP contribution in [-0.4, -0.2) is 44.6 Å². The topological polar surface area (TPSA) is 87.5 Å². The average Bonchev–Trinajstić information content (AvgIpc) is 3.20. The number of imidazole rings is 1. The van der Waals surface area contributed by atoms with Gasteiger partial charge in [0.15, 0.2) is 0 Å². The molecule has 0 aliphatic carbocycles. The van der Waals surface area contributed by atoms with Crippen molar-refractivity contribution >= 4 is 12.0 Å². The molecular weight excluding hydrogens is 339 g/mol. The first-order valence-electron chi connectivity index (χ1n) is 8.32. The van der Waals surface area contributed by atoms with Crippen LogP contribution in [0.2, 0.25) is 0 Å². The maximum absolute atomic E-state index is 14.3. The molecule has 2 aromatic rings. The van der Waals surface area contributed by atoms with Crippen molar-refractivity contribution in [2.24, 2.45) is 12.5 Å². The highest BCUT2D eigenvalue weighted by molar-refractivity contribution is 5.80. The summed E-state index contributed by atoms with van der Waals surface area (Å²) in [7, 11) is 1.76. The summed E-state index contributed by atoms with van der Waals surface area (Å²) < 4.78 is 16.1. The number of rotatable bonds is 4. The first-order chi connectivity index (χ1) is 12.3. The van der Waals surface area contributed by atoms with E-state index in [1.807, 2.05) is 0 Å². The Bertz CT molecular complexity index is 837. The summed E-state index contributed by atoms with van der Waals surface area (Å²) >= 11 is 0. The van der Waals surface area contributed by atoms with E-state index in [9.17, 15) is 19.1 Å². The maximum Gasteiger partial charge on any atom is 0.318 e. The molecular formula is C18H21FN4O3. The van der Waals surface area contributed by atoms with Crippen molar-refractivity contribution < 1.29 is 19.1 Å². The zero-order chi connectivity index (χ0) is 18.9. The molecule has 2 atom stereocenters. The second-order valence-corrected chi connectivity index (χ2v) is 6.84. The minimum absolute atomic E-state index is 0.110. The molecule has 26 heavy (non-hydrogen) atoms. The minimum Gasteiger partial charge on any atom is -0.481 e. The third-order valence-corrected chi connectivity index (χ3v) is 4.88. The molecule has 1 aromatic carbocycles. The molecule has 8 heteroatoms. The summed E-state index contributed by atoms with van der Waals surface area (Å²) in [5.74, 6) is -0.885. The fourth-order valence-electron chi connectivity index (χ4n) is 3.17. The lowest BCUT2D eigenvalue weighted by molar-refractivity contribution is -0.147.